The normalized spacial score (nSPS) is 14.0. The van der Waals surface area contributed by atoms with E-state index in [0.29, 0.717) is 17.4 Å². The van der Waals surface area contributed by atoms with Gasteiger partial charge in [-0.2, -0.15) is 9.97 Å². The highest BCUT2D eigenvalue weighted by Gasteiger charge is 2.21. The summed E-state index contributed by atoms with van der Waals surface area (Å²) in [5.41, 5.74) is 0.712. The van der Waals surface area contributed by atoms with Crippen molar-refractivity contribution in [3.63, 3.8) is 0 Å². The molecule has 124 valence electrons. The first-order chi connectivity index (χ1) is 11.7. The van der Waals surface area contributed by atoms with E-state index in [1.807, 2.05) is 12.3 Å². The second-order valence-electron chi connectivity index (χ2n) is 5.78. The number of aromatic amines is 1. The molecule has 0 unspecified atom stereocenters. The zero-order valence-corrected chi connectivity index (χ0v) is 12.7. The number of nitrogens with one attached hydrogen (secondary N) is 3. The Labute approximate surface area is 136 Å². The molecule has 10 nitrogen and oxygen atoms in total. The van der Waals surface area contributed by atoms with E-state index in [4.69, 9.17) is 5.11 Å². The van der Waals surface area contributed by atoms with Crippen molar-refractivity contribution in [3.8, 4) is 0 Å². The molecule has 1 aliphatic rings. The van der Waals surface area contributed by atoms with E-state index in [2.05, 4.69) is 35.9 Å². The molecule has 0 aromatic carbocycles. The van der Waals surface area contributed by atoms with Crippen LogP contribution in [-0.4, -0.2) is 47.6 Å². The van der Waals surface area contributed by atoms with Gasteiger partial charge in [0.15, 0.2) is 5.82 Å². The number of aliphatic carboxylic acids is 1. The largest absolute Gasteiger partial charge is 0.480 e. The number of rotatable bonds is 7. The number of nitrogens with zero attached hydrogens (tertiary/aromatic N) is 5. The first-order valence-corrected chi connectivity index (χ1v) is 7.65. The third-order valence-electron chi connectivity index (χ3n) is 3.75. The van der Waals surface area contributed by atoms with E-state index < -0.39 is 5.97 Å². The molecule has 3 heterocycles. The Balaban J connectivity index is 1.56. The van der Waals surface area contributed by atoms with E-state index in [9.17, 15) is 4.79 Å². The third kappa shape index (κ3) is 3.12. The van der Waals surface area contributed by atoms with Crippen LogP contribution in [0, 0.1) is 5.92 Å². The minimum atomic E-state index is -0.984. The van der Waals surface area contributed by atoms with Gasteiger partial charge in [-0.3, -0.25) is 4.79 Å². The minimum absolute atomic E-state index is 0.251. The molecule has 3 aromatic rings. The Kier molecular flexibility index (Phi) is 3.48. The van der Waals surface area contributed by atoms with Gasteiger partial charge in [0, 0.05) is 12.7 Å². The van der Waals surface area contributed by atoms with Crippen LogP contribution in [-0.2, 0) is 11.3 Å². The molecule has 0 bridgehead atoms. The van der Waals surface area contributed by atoms with Crippen LogP contribution in [0.5, 0.6) is 0 Å². The van der Waals surface area contributed by atoms with Crippen molar-refractivity contribution >= 4 is 34.6 Å². The summed E-state index contributed by atoms with van der Waals surface area (Å²) >= 11 is 0. The number of carboxylic acids is 1. The Bertz CT molecular complexity index is 882. The summed E-state index contributed by atoms with van der Waals surface area (Å²) in [6.07, 6.45) is 5.82. The maximum Gasteiger partial charge on any atom is 0.325 e. The van der Waals surface area contributed by atoms with Gasteiger partial charge in [-0.15, -0.1) is 5.10 Å². The summed E-state index contributed by atoms with van der Waals surface area (Å²) in [6.45, 7) is 0.644. The van der Waals surface area contributed by atoms with Crippen LogP contribution in [0.2, 0.25) is 0 Å². The summed E-state index contributed by atoms with van der Waals surface area (Å²) in [7, 11) is 0. The standard InChI is InChI=1S/C14H16N8O2/c23-11(24)7-22-6-10(20-21-22)17-14-18-12-9(3-4-15-12)13(19-14)16-5-8-1-2-8/h3-4,6,8H,1-2,5,7H2,(H,23,24)(H3,15,16,17,18,19). The topological polar surface area (TPSA) is 134 Å². The molecule has 0 spiro atoms. The lowest BCUT2D eigenvalue weighted by atomic mass is 10.3. The number of hydrogen-bond donors (Lipinski definition) is 4. The average Bonchev–Trinajstić information content (AvgIpc) is 3.07. The molecular weight excluding hydrogens is 312 g/mol. The van der Waals surface area contributed by atoms with Gasteiger partial charge in [-0.25, -0.2) is 4.68 Å². The molecule has 1 saturated carbocycles. The molecule has 10 heteroatoms. The summed E-state index contributed by atoms with van der Waals surface area (Å²) in [4.78, 5) is 22.6. The van der Waals surface area contributed by atoms with Gasteiger partial charge in [0.2, 0.25) is 5.95 Å². The number of anilines is 3. The quantitative estimate of drug-likeness (QED) is 0.508. The van der Waals surface area contributed by atoms with Gasteiger partial charge < -0.3 is 20.7 Å². The highest BCUT2D eigenvalue weighted by Crippen LogP contribution is 2.30. The lowest BCUT2D eigenvalue weighted by Gasteiger charge is -2.08. The smallest absolute Gasteiger partial charge is 0.325 e. The van der Waals surface area contributed by atoms with E-state index >= 15 is 0 Å². The minimum Gasteiger partial charge on any atom is -0.480 e. The summed E-state index contributed by atoms with van der Waals surface area (Å²) in [6, 6.07) is 1.93. The molecule has 0 radical (unpaired) electrons. The van der Waals surface area contributed by atoms with Crippen molar-refractivity contribution in [1.29, 1.82) is 0 Å². The van der Waals surface area contributed by atoms with Gasteiger partial charge in [-0.05, 0) is 24.8 Å². The predicted molar refractivity (Wildman–Crippen MR) is 86.0 cm³/mol. The Morgan fingerprint density at radius 1 is 1.42 bits per heavy atom. The number of aromatic nitrogens is 6. The van der Waals surface area contributed by atoms with Crippen molar-refractivity contribution in [2.24, 2.45) is 5.92 Å². The van der Waals surface area contributed by atoms with E-state index in [1.165, 1.54) is 23.7 Å². The van der Waals surface area contributed by atoms with Crippen LogP contribution in [0.25, 0.3) is 11.0 Å². The third-order valence-corrected chi connectivity index (χ3v) is 3.75. The monoisotopic (exact) mass is 328 g/mol. The fourth-order valence-corrected chi connectivity index (χ4v) is 2.38. The second kappa shape index (κ2) is 5.80. The van der Waals surface area contributed by atoms with Gasteiger partial charge >= 0.3 is 5.97 Å². The molecule has 4 rings (SSSR count). The van der Waals surface area contributed by atoms with Gasteiger partial charge in [0.25, 0.3) is 0 Å². The summed E-state index contributed by atoms with van der Waals surface area (Å²) in [5.74, 6) is 1.25. The van der Waals surface area contributed by atoms with Gasteiger partial charge in [0.1, 0.15) is 18.0 Å². The van der Waals surface area contributed by atoms with Crippen LogP contribution in [0.15, 0.2) is 18.5 Å². The van der Waals surface area contributed by atoms with Crippen molar-refractivity contribution in [3.05, 3.63) is 18.5 Å². The van der Waals surface area contributed by atoms with Crippen molar-refractivity contribution in [1.82, 2.24) is 29.9 Å². The Morgan fingerprint density at radius 3 is 3.08 bits per heavy atom. The zero-order chi connectivity index (χ0) is 16.5. The van der Waals surface area contributed by atoms with Crippen LogP contribution in [0.1, 0.15) is 12.8 Å². The fraction of sp³-hybridized carbons (Fsp3) is 0.357. The molecule has 0 saturated heterocycles. The maximum absolute atomic E-state index is 10.7. The molecule has 3 aromatic heterocycles. The zero-order valence-electron chi connectivity index (χ0n) is 12.7. The fourth-order valence-electron chi connectivity index (χ4n) is 2.38. The molecule has 0 amide bonds. The Hall–Kier alpha value is -3.17. The van der Waals surface area contributed by atoms with Crippen LogP contribution in [0.3, 0.4) is 0 Å². The SMILES string of the molecule is O=C(O)Cn1cc(Nc2nc(NCC3CC3)c3cc[nH]c3n2)nn1. The molecule has 4 N–H and O–H groups in total. The number of carbonyl (C=O) groups is 1. The maximum atomic E-state index is 10.7. The van der Waals surface area contributed by atoms with Crippen LogP contribution in [0.4, 0.5) is 17.6 Å². The molecule has 0 atom stereocenters. The molecule has 1 aliphatic carbocycles. The van der Waals surface area contributed by atoms with Crippen molar-refractivity contribution < 1.29 is 9.90 Å². The number of carboxylic acid groups (broad SMARTS) is 1. The van der Waals surface area contributed by atoms with E-state index in [1.54, 1.807) is 0 Å². The first kappa shape index (κ1) is 14.4. The molecular formula is C14H16N8O2. The highest BCUT2D eigenvalue weighted by atomic mass is 16.4. The summed E-state index contributed by atoms with van der Waals surface area (Å²) in [5, 5.41) is 23.6. The lowest BCUT2D eigenvalue weighted by Crippen LogP contribution is -2.09. The summed E-state index contributed by atoms with van der Waals surface area (Å²) < 4.78 is 1.23. The average molecular weight is 328 g/mol. The number of H-pyrrole nitrogens is 1. The van der Waals surface area contributed by atoms with Crippen molar-refractivity contribution in [2.45, 2.75) is 19.4 Å². The molecule has 24 heavy (non-hydrogen) atoms. The molecule has 0 aliphatic heterocycles. The van der Waals surface area contributed by atoms with E-state index in [0.717, 1.165) is 23.7 Å². The predicted octanol–water partition coefficient (Wildman–Crippen LogP) is 1.20. The second-order valence-corrected chi connectivity index (χ2v) is 5.78. The van der Waals surface area contributed by atoms with Crippen LogP contribution < -0.4 is 10.6 Å². The van der Waals surface area contributed by atoms with Crippen LogP contribution >= 0.6 is 0 Å². The van der Waals surface area contributed by atoms with Crippen molar-refractivity contribution in [2.75, 3.05) is 17.2 Å². The van der Waals surface area contributed by atoms with Gasteiger partial charge in [-0.1, -0.05) is 5.21 Å². The molecule has 1 fully saturated rings. The van der Waals surface area contributed by atoms with Gasteiger partial charge in [0.05, 0.1) is 11.6 Å². The number of hydrogen-bond acceptors (Lipinski definition) is 7. The van der Waals surface area contributed by atoms with E-state index in [-0.39, 0.29) is 6.54 Å². The first-order valence-electron chi connectivity index (χ1n) is 7.65. The number of fused-ring (bicyclic) bond motifs is 1. The highest BCUT2D eigenvalue weighted by molar-refractivity contribution is 5.88. The lowest BCUT2D eigenvalue weighted by molar-refractivity contribution is -0.137. The Morgan fingerprint density at radius 2 is 2.29 bits per heavy atom.